The number of nitrogens with zero attached hydrogens (tertiary/aromatic N) is 1. The molecule has 1 heterocycles. The van der Waals surface area contributed by atoms with Gasteiger partial charge in [-0.1, -0.05) is 18.2 Å². The van der Waals surface area contributed by atoms with Gasteiger partial charge in [0.2, 0.25) is 5.91 Å². The Morgan fingerprint density at radius 2 is 1.86 bits per heavy atom. The zero-order valence-corrected chi connectivity index (χ0v) is 13.5. The van der Waals surface area contributed by atoms with Gasteiger partial charge in [0.15, 0.2) is 5.54 Å². The van der Waals surface area contributed by atoms with Crippen LogP contribution in [-0.2, 0) is 9.53 Å². The van der Waals surface area contributed by atoms with Crippen molar-refractivity contribution >= 4 is 17.7 Å². The monoisotopic (exact) mass is 305 g/mol. The van der Waals surface area contributed by atoms with E-state index >= 15 is 0 Å². The van der Waals surface area contributed by atoms with E-state index in [0.717, 1.165) is 11.3 Å². The first-order valence-electron chi connectivity index (χ1n) is 7.25. The van der Waals surface area contributed by atoms with Crippen molar-refractivity contribution in [3.63, 3.8) is 0 Å². The fourth-order valence-electron chi connectivity index (χ4n) is 2.33. The predicted molar refractivity (Wildman–Crippen MR) is 84.5 cm³/mol. The Labute approximate surface area is 130 Å². The first-order chi connectivity index (χ1) is 10.1. The fourth-order valence-corrected chi connectivity index (χ4v) is 2.33. The molecule has 1 aromatic carbocycles. The molecule has 0 spiro atoms. The van der Waals surface area contributed by atoms with Crippen molar-refractivity contribution in [1.82, 2.24) is 4.90 Å². The van der Waals surface area contributed by atoms with Crippen LogP contribution < -0.4 is 11.1 Å². The summed E-state index contributed by atoms with van der Waals surface area (Å²) in [6.07, 6.45) is -0.434. The van der Waals surface area contributed by atoms with Crippen molar-refractivity contribution in [3.05, 3.63) is 29.8 Å². The van der Waals surface area contributed by atoms with Crippen LogP contribution in [0.15, 0.2) is 24.3 Å². The van der Waals surface area contributed by atoms with Crippen LogP contribution in [0.4, 0.5) is 10.5 Å². The van der Waals surface area contributed by atoms with Gasteiger partial charge in [0, 0.05) is 5.69 Å². The Hall–Kier alpha value is -2.24. The molecule has 1 saturated heterocycles. The van der Waals surface area contributed by atoms with Crippen molar-refractivity contribution in [2.75, 3.05) is 18.4 Å². The maximum absolute atomic E-state index is 12.0. The number of carbonyl (C=O) groups is 2. The molecule has 22 heavy (non-hydrogen) atoms. The molecule has 1 aliphatic rings. The maximum atomic E-state index is 12.0. The molecule has 0 bridgehead atoms. The van der Waals surface area contributed by atoms with Gasteiger partial charge in [-0.2, -0.15) is 0 Å². The summed E-state index contributed by atoms with van der Waals surface area (Å²) in [5.41, 5.74) is 5.89. The summed E-state index contributed by atoms with van der Waals surface area (Å²) < 4.78 is 5.30. The third-order valence-electron chi connectivity index (χ3n) is 3.56. The van der Waals surface area contributed by atoms with Crippen LogP contribution in [0.3, 0.4) is 0 Å². The van der Waals surface area contributed by atoms with Crippen LogP contribution in [0.1, 0.15) is 26.3 Å². The normalized spacial score (nSPS) is 16.6. The van der Waals surface area contributed by atoms with Gasteiger partial charge in [-0.3, -0.25) is 4.79 Å². The van der Waals surface area contributed by atoms with E-state index in [-0.39, 0.29) is 13.1 Å². The molecule has 0 aliphatic carbocycles. The summed E-state index contributed by atoms with van der Waals surface area (Å²) in [7, 11) is 0. The summed E-state index contributed by atoms with van der Waals surface area (Å²) >= 11 is 0. The van der Waals surface area contributed by atoms with Crippen LogP contribution in [0.25, 0.3) is 0 Å². The third-order valence-corrected chi connectivity index (χ3v) is 3.56. The highest BCUT2D eigenvalue weighted by Gasteiger charge is 2.51. The number of rotatable bonds is 3. The first-order valence-corrected chi connectivity index (χ1v) is 7.25. The van der Waals surface area contributed by atoms with Gasteiger partial charge in [0.05, 0.1) is 13.1 Å². The summed E-state index contributed by atoms with van der Waals surface area (Å²) in [5, 5.41) is 3.18. The summed E-state index contributed by atoms with van der Waals surface area (Å²) in [6.45, 7) is 7.76. The molecule has 0 aromatic heterocycles. The maximum Gasteiger partial charge on any atom is 0.410 e. The highest BCUT2D eigenvalue weighted by molar-refractivity contribution is 5.92. The van der Waals surface area contributed by atoms with Crippen molar-refractivity contribution < 1.29 is 14.3 Å². The van der Waals surface area contributed by atoms with Gasteiger partial charge < -0.3 is 20.7 Å². The number of aryl methyl sites for hydroxylation is 1. The lowest BCUT2D eigenvalue weighted by molar-refractivity contribution is -0.127. The molecule has 0 radical (unpaired) electrons. The van der Waals surface area contributed by atoms with Crippen LogP contribution >= 0.6 is 0 Å². The Bertz CT molecular complexity index is 587. The number of benzene rings is 1. The van der Waals surface area contributed by atoms with E-state index in [9.17, 15) is 9.59 Å². The predicted octanol–water partition coefficient (Wildman–Crippen LogP) is 1.88. The van der Waals surface area contributed by atoms with Crippen molar-refractivity contribution in [2.24, 2.45) is 5.73 Å². The molecular weight excluding hydrogens is 282 g/mol. The summed E-state index contributed by atoms with van der Waals surface area (Å²) in [6, 6.07) is 7.64. The van der Waals surface area contributed by atoms with Crippen LogP contribution in [0, 0.1) is 6.92 Å². The Balaban J connectivity index is 2.07. The molecule has 2 rings (SSSR count). The van der Waals surface area contributed by atoms with Gasteiger partial charge in [0.1, 0.15) is 5.60 Å². The zero-order valence-electron chi connectivity index (χ0n) is 13.5. The van der Waals surface area contributed by atoms with E-state index in [1.54, 1.807) is 20.8 Å². The van der Waals surface area contributed by atoms with Crippen molar-refractivity contribution in [1.29, 1.82) is 0 Å². The minimum atomic E-state index is -0.941. The van der Waals surface area contributed by atoms with E-state index in [1.807, 2.05) is 31.2 Å². The lowest BCUT2D eigenvalue weighted by Crippen LogP contribution is -2.73. The van der Waals surface area contributed by atoms with Gasteiger partial charge in [-0.05, 0) is 39.3 Å². The number of primary amides is 1. The minimum absolute atomic E-state index is 0.200. The number of nitrogens with two attached hydrogens (primary N) is 1. The highest BCUT2D eigenvalue weighted by Crippen LogP contribution is 2.28. The number of nitrogens with one attached hydrogen (secondary N) is 1. The van der Waals surface area contributed by atoms with E-state index in [4.69, 9.17) is 10.5 Å². The molecule has 1 aliphatic heterocycles. The second-order valence-electron chi connectivity index (χ2n) is 6.72. The number of anilines is 1. The molecule has 0 saturated carbocycles. The molecule has 0 atom stereocenters. The second-order valence-corrected chi connectivity index (χ2v) is 6.72. The smallest absolute Gasteiger partial charge is 0.410 e. The minimum Gasteiger partial charge on any atom is -0.444 e. The topological polar surface area (TPSA) is 84.7 Å². The molecule has 2 amide bonds. The Kier molecular flexibility index (Phi) is 4.04. The third kappa shape index (κ3) is 3.32. The van der Waals surface area contributed by atoms with Gasteiger partial charge in [-0.25, -0.2) is 4.79 Å². The number of para-hydroxylation sites is 1. The lowest BCUT2D eigenvalue weighted by atomic mass is 9.88. The molecule has 6 heteroatoms. The Morgan fingerprint density at radius 3 is 2.36 bits per heavy atom. The largest absolute Gasteiger partial charge is 0.444 e. The van der Waals surface area contributed by atoms with Gasteiger partial charge >= 0.3 is 6.09 Å². The number of hydrogen-bond donors (Lipinski definition) is 2. The fraction of sp³-hybridized carbons (Fsp3) is 0.500. The zero-order chi connectivity index (χ0) is 16.5. The van der Waals surface area contributed by atoms with Crippen LogP contribution in [0.5, 0.6) is 0 Å². The summed E-state index contributed by atoms with van der Waals surface area (Å²) in [5.74, 6) is -0.476. The quantitative estimate of drug-likeness (QED) is 0.893. The van der Waals surface area contributed by atoms with Crippen molar-refractivity contribution in [2.45, 2.75) is 38.8 Å². The highest BCUT2D eigenvalue weighted by atomic mass is 16.6. The molecule has 1 fully saturated rings. The number of carbonyl (C=O) groups excluding carboxylic acids is 2. The van der Waals surface area contributed by atoms with Crippen molar-refractivity contribution in [3.8, 4) is 0 Å². The molecule has 6 nitrogen and oxygen atoms in total. The Morgan fingerprint density at radius 1 is 1.27 bits per heavy atom. The van der Waals surface area contributed by atoms with Gasteiger partial charge in [-0.15, -0.1) is 0 Å². The first kappa shape index (κ1) is 16.1. The standard InChI is InChI=1S/C16H23N3O3/c1-11-7-5-6-8-12(11)18-16(13(17)20)9-19(10-16)14(21)22-15(2,3)4/h5-8,18H,9-10H2,1-4H3,(H2,17,20). The number of likely N-dealkylation sites (tertiary alicyclic amines) is 1. The molecule has 3 N–H and O–H groups in total. The number of amides is 2. The average molecular weight is 305 g/mol. The number of ether oxygens (including phenoxy) is 1. The van der Waals surface area contributed by atoms with Gasteiger partial charge in [0.25, 0.3) is 0 Å². The molecule has 120 valence electrons. The van der Waals surface area contributed by atoms with Crippen LogP contribution in [-0.4, -0.2) is 41.1 Å². The molecule has 0 unspecified atom stereocenters. The SMILES string of the molecule is Cc1ccccc1NC1(C(N)=O)CN(C(=O)OC(C)(C)C)C1. The molecule has 1 aromatic rings. The van der Waals surface area contributed by atoms with E-state index < -0.39 is 23.1 Å². The average Bonchev–Trinajstić information content (AvgIpc) is 2.32. The van der Waals surface area contributed by atoms with E-state index in [2.05, 4.69) is 5.32 Å². The lowest BCUT2D eigenvalue weighted by Gasteiger charge is -2.48. The van der Waals surface area contributed by atoms with E-state index in [0.29, 0.717) is 0 Å². The second kappa shape index (κ2) is 5.51. The summed E-state index contributed by atoms with van der Waals surface area (Å²) in [4.78, 5) is 25.3. The number of hydrogen-bond acceptors (Lipinski definition) is 4. The van der Waals surface area contributed by atoms with Crippen LogP contribution in [0.2, 0.25) is 0 Å². The molecular formula is C16H23N3O3. The van der Waals surface area contributed by atoms with E-state index in [1.165, 1.54) is 4.90 Å².